The summed E-state index contributed by atoms with van der Waals surface area (Å²) in [5.74, 6) is 0.832. The Morgan fingerprint density at radius 3 is 2.24 bits per heavy atom. The molecule has 0 saturated carbocycles. The number of benzene rings is 1. The van der Waals surface area contributed by atoms with Gasteiger partial charge in [0.25, 0.3) is 0 Å². The van der Waals surface area contributed by atoms with Crippen molar-refractivity contribution >= 4 is 0 Å². The molecule has 0 aliphatic carbocycles. The fraction of sp³-hybridized carbons (Fsp3) is 0.684. The molecule has 1 rings (SSSR count). The molecule has 1 aromatic carbocycles. The molecule has 0 radical (unpaired) electrons. The SMILES string of the molecule is CCNCCc1ccccc1CN(CC)CC(CC)CC. The number of hydrogen-bond acceptors (Lipinski definition) is 2. The van der Waals surface area contributed by atoms with Gasteiger partial charge in [-0.3, -0.25) is 4.90 Å². The maximum absolute atomic E-state index is 3.43. The van der Waals surface area contributed by atoms with Crippen LogP contribution in [0.1, 0.15) is 51.7 Å². The van der Waals surface area contributed by atoms with Gasteiger partial charge in [-0.1, -0.05) is 64.8 Å². The fourth-order valence-corrected chi connectivity index (χ4v) is 2.81. The highest BCUT2D eigenvalue weighted by Gasteiger charge is 2.12. The zero-order chi connectivity index (χ0) is 15.5. The van der Waals surface area contributed by atoms with Crippen molar-refractivity contribution in [1.82, 2.24) is 10.2 Å². The molecule has 1 aromatic rings. The Labute approximate surface area is 131 Å². The highest BCUT2D eigenvalue weighted by atomic mass is 15.1. The van der Waals surface area contributed by atoms with Gasteiger partial charge in [0.05, 0.1) is 0 Å². The second-order valence-electron chi connectivity index (χ2n) is 5.88. The summed E-state index contributed by atoms with van der Waals surface area (Å²) in [7, 11) is 0. The number of nitrogens with zero attached hydrogens (tertiary/aromatic N) is 1. The molecular formula is C19H34N2. The standard InChI is InChI=1S/C19H34N2/c1-5-17(6-2)15-21(8-4)16-19-12-10-9-11-18(19)13-14-20-7-3/h9-12,17,20H,5-8,13-16H2,1-4H3. The zero-order valence-electron chi connectivity index (χ0n) is 14.5. The Balaban J connectivity index is 2.66. The zero-order valence-corrected chi connectivity index (χ0v) is 14.5. The Morgan fingerprint density at radius 2 is 1.67 bits per heavy atom. The molecule has 0 bridgehead atoms. The van der Waals surface area contributed by atoms with Gasteiger partial charge >= 0.3 is 0 Å². The summed E-state index contributed by atoms with van der Waals surface area (Å²) in [5, 5.41) is 3.43. The van der Waals surface area contributed by atoms with Gasteiger partial charge in [-0.25, -0.2) is 0 Å². The molecule has 0 aliphatic rings. The molecule has 21 heavy (non-hydrogen) atoms. The lowest BCUT2D eigenvalue weighted by Gasteiger charge is -2.26. The first kappa shape index (κ1) is 18.2. The summed E-state index contributed by atoms with van der Waals surface area (Å²) in [6, 6.07) is 8.94. The van der Waals surface area contributed by atoms with Crippen LogP contribution in [0.3, 0.4) is 0 Å². The van der Waals surface area contributed by atoms with Crippen molar-refractivity contribution in [3.05, 3.63) is 35.4 Å². The Kier molecular flexibility index (Phi) is 9.36. The lowest BCUT2D eigenvalue weighted by atomic mass is 10.0. The Morgan fingerprint density at radius 1 is 1.00 bits per heavy atom. The van der Waals surface area contributed by atoms with Crippen molar-refractivity contribution in [2.45, 2.75) is 53.5 Å². The molecule has 2 nitrogen and oxygen atoms in total. The minimum atomic E-state index is 0.832. The summed E-state index contributed by atoms with van der Waals surface area (Å²) in [6.07, 6.45) is 3.71. The molecule has 2 heteroatoms. The van der Waals surface area contributed by atoms with E-state index in [9.17, 15) is 0 Å². The topological polar surface area (TPSA) is 15.3 Å². The predicted octanol–water partition coefficient (Wildman–Crippen LogP) is 4.10. The second-order valence-corrected chi connectivity index (χ2v) is 5.88. The third-order valence-electron chi connectivity index (χ3n) is 4.45. The first-order chi connectivity index (χ1) is 10.2. The van der Waals surface area contributed by atoms with E-state index in [2.05, 4.69) is 62.2 Å². The highest BCUT2D eigenvalue weighted by molar-refractivity contribution is 5.27. The number of rotatable bonds is 11. The Bertz CT molecular complexity index is 372. The summed E-state index contributed by atoms with van der Waals surface area (Å²) in [5.41, 5.74) is 3.00. The van der Waals surface area contributed by atoms with Crippen LogP contribution >= 0.6 is 0 Å². The van der Waals surface area contributed by atoms with Crippen LogP contribution in [-0.4, -0.2) is 31.1 Å². The van der Waals surface area contributed by atoms with E-state index in [0.717, 1.165) is 38.5 Å². The van der Waals surface area contributed by atoms with Gasteiger partial charge in [-0.2, -0.15) is 0 Å². The van der Waals surface area contributed by atoms with E-state index in [0.29, 0.717) is 0 Å². The predicted molar refractivity (Wildman–Crippen MR) is 93.7 cm³/mol. The van der Waals surface area contributed by atoms with E-state index in [-0.39, 0.29) is 0 Å². The van der Waals surface area contributed by atoms with Crippen LogP contribution in [0.25, 0.3) is 0 Å². The third-order valence-corrected chi connectivity index (χ3v) is 4.45. The monoisotopic (exact) mass is 290 g/mol. The molecular weight excluding hydrogens is 256 g/mol. The maximum atomic E-state index is 3.43. The first-order valence-corrected chi connectivity index (χ1v) is 8.74. The van der Waals surface area contributed by atoms with E-state index in [4.69, 9.17) is 0 Å². The molecule has 0 saturated heterocycles. The number of nitrogens with one attached hydrogen (secondary N) is 1. The van der Waals surface area contributed by atoms with Crippen LogP contribution in [0, 0.1) is 5.92 Å². The molecule has 0 unspecified atom stereocenters. The van der Waals surface area contributed by atoms with Crippen molar-refractivity contribution in [3.8, 4) is 0 Å². The first-order valence-electron chi connectivity index (χ1n) is 8.74. The van der Waals surface area contributed by atoms with Crippen LogP contribution in [-0.2, 0) is 13.0 Å². The van der Waals surface area contributed by atoms with Crippen LogP contribution in [0.15, 0.2) is 24.3 Å². The van der Waals surface area contributed by atoms with Crippen molar-refractivity contribution in [3.63, 3.8) is 0 Å². The highest BCUT2D eigenvalue weighted by Crippen LogP contribution is 2.16. The van der Waals surface area contributed by atoms with E-state index >= 15 is 0 Å². The van der Waals surface area contributed by atoms with Gasteiger partial charge < -0.3 is 5.32 Å². The largest absolute Gasteiger partial charge is 0.317 e. The van der Waals surface area contributed by atoms with Gasteiger partial charge in [0.2, 0.25) is 0 Å². The second kappa shape index (κ2) is 10.8. The molecule has 0 heterocycles. The summed E-state index contributed by atoms with van der Waals surface area (Å²) in [4.78, 5) is 2.60. The normalized spacial score (nSPS) is 11.5. The minimum Gasteiger partial charge on any atom is -0.317 e. The van der Waals surface area contributed by atoms with E-state index in [1.807, 2.05) is 0 Å². The molecule has 0 aliphatic heterocycles. The van der Waals surface area contributed by atoms with Crippen LogP contribution in [0.4, 0.5) is 0 Å². The number of likely N-dealkylation sites (N-methyl/N-ethyl adjacent to an activating group) is 1. The fourth-order valence-electron chi connectivity index (χ4n) is 2.81. The van der Waals surface area contributed by atoms with Gasteiger partial charge in [0.1, 0.15) is 0 Å². The third kappa shape index (κ3) is 6.62. The molecule has 0 fully saturated rings. The molecule has 120 valence electrons. The Hall–Kier alpha value is -0.860. The lowest BCUT2D eigenvalue weighted by Crippen LogP contribution is -2.29. The van der Waals surface area contributed by atoms with E-state index in [1.165, 1.54) is 30.5 Å². The lowest BCUT2D eigenvalue weighted by molar-refractivity contribution is 0.225. The smallest absolute Gasteiger partial charge is 0.0236 e. The maximum Gasteiger partial charge on any atom is 0.0236 e. The quantitative estimate of drug-likeness (QED) is 0.617. The molecule has 0 amide bonds. The van der Waals surface area contributed by atoms with Crippen molar-refractivity contribution < 1.29 is 0 Å². The van der Waals surface area contributed by atoms with Crippen molar-refractivity contribution in [2.75, 3.05) is 26.2 Å². The van der Waals surface area contributed by atoms with Gasteiger partial charge in [-0.05, 0) is 43.1 Å². The van der Waals surface area contributed by atoms with Gasteiger partial charge in [-0.15, -0.1) is 0 Å². The summed E-state index contributed by atoms with van der Waals surface area (Å²) in [6.45, 7) is 14.7. The molecule has 0 spiro atoms. The van der Waals surface area contributed by atoms with E-state index in [1.54, 1.807) is 0 Å². The van der Waals surface area contributed by atoms with Crippen molar-refractivity contribution in [2.24, 2.45) is 5.92 Å². The van der Waals surface area contributed by atoms with E-state index < -0.39 is 0 Å². The minimum absolute atomic E-state index is 0.832. The van der Waals surface area contributed by atoms with Crippen LogP contribution < -0.4 is 5.32 Å². The van der Waals surface area contributed by atoms with Gasteiger partial charge in [0, 0.05) is 13.1 Å². The summed E-state index contributed by atoms with van der Waals surface area (Å²) < 4.78 is 0. The van der Waals surface area contributed by atoms with Crippen LogP contribution in [0.2, 0.25) is 0 Å². The number of hydrogen-bond donors (Lipinski definition) is 1. The van der Waals surface area contributed by atoms with Gasteiger partial charge in [0.15, 0.2) is 0 Å². The van der Waals surface area contributed by atoms with Crippen LogP contribution in [0.5, 0.6) is 0 Å². The molecule has 0 aromatic heterocycles. The average molecular weight is 290 g/mol. The van der Waals surface area contributed by atoms with Crippen molar-refractivity contribution in [1.29, 1.82) is 0 Å². The molecule has 0 atom stereocenters. The average Bonchev–Trinajstić information content (AvgIpc) is 2.53. The summed E-state index contributed by atoms with van der Waals surface area (Å²) >= 11 is 0. The molecule has 1 N–H and O–H groups in total.